The molecular weight excluding hydrogens is 234 g/mol. The first kappa shape index (κ1) is 11.9. The van der Waals surface area contributed by atoms with Gasteiger partial charge in [-0.2, -0.15) is 5.10 Å². The lowest BCUT2D eigenvalue weighted by molar-refractivity contribution is 0.318. The van der Waals surface area contributed by atoms with E-state index in [1.807, 2.05) is 6.92 Å². The van der Waals surface area contributed by atoms with Gasteiger partial charge in [0.25, 0.3) is 0 Å². The lowest BCUT2D eigenvalue weighted by Gasteiger charge is -2.06. The van der Waals surface area contributed by atoms with Crippen LogP contribution in [0.15, 0.2) is 35.9 Å². The molecule has 2 heterocycles. The number of nitrogens with two attached hydrogens (primary N) is 1. The van der Waals surface area contributed by atoms with Crippen molar-refractivity contribution in [3.63, 3.8) is 0 Å². The third-order valence-electron chi connectivity index (χ3n) is 2.30. The first-order valence-corrected chi connectivity index (χ1v) is 5.37. The second-order valence-corrected chi connectivity index (χ2v) is 3.48. The van der Waals surface area contributed by atoms with E-state index in [0.29, 0.717) is 11.3 Å². The molecule has 0 radical (unpaired) electrons. The Hall–Kier alpha value is -2.57. The summed E-state index contributed by atoms with van der Waals surface area (Å²) in [6.45, 7) is 2.72. The van der Waals surface area contributed by atoms with Crippen LogP contribution in [0.1, 0.15) is 12.5 Å². The van der Waals surface area contributed by atoms with Crippen LogP contribution < -0.4 is 10.5 Å². The first-order valence-electron chi connectivity index (χ1n) is 5.37. The van der Waals surface area contributed by atoms with Gasteiger partial charge in [0.05, 0.1) is 18.0 Å². The zero-order valence-electron chi connectivity index (χ0n) is 9.82. The van der Waals surface area contributed by atoms with E-state index >= 15 is 0 Å². The highest BCUT2D eigenvalue weighted by Gasteiger charge is 2.11. The van der Waals surface area contributed by atoms with Crippen LogP contribution in [0.4, 0.5) is 0 Å². The fourth-order valence-corrected chi connectivity index (χ4v) is 1.40. The minimum Gasteiger partial charge on any atom is -0.435 e. The topological polar surface area (TPSA) is 98.6 Å². The lowest BCUT2D eigenvalue weighted by atomic mass is 10.2. The van der Waals surface area contributed by atoms with Gasteiger partial charge < -0.3 is 15.7 Å². The number of pyridine rings is 1. The molecular formula is C11H13N5O2. The number of ether oxygens (including phenoxy) is 1. The van der Waals surface area contributed by atoms with Crippen molar-refractivity contribution in [2.24, 2.45) is 10.9 Å². The van der Waals surface area contributed by atoms with Crippen molar-refractivity contribution in [2.75, 3.05) is 0 Å². The Bertz CT molecular complexity index is 564. The van der Waals surface area contributed by atoms with Gasteiger partial charge in [-0.1, -0.05) is 5.16 Å². The molecule has 0 unspecified atom stereocenters. The van der Waals surface area contributed by atoms with Crippen LogP contribution in [0.2, 0.25) is 0 Å². The van der Waals surface area contributed by atoms with E-state index in [1.165, 1.54) is 0 Å². The van der Waals surface area contributed by atoms with E-state index < -0.39 is 0 Å². The monoisotopic (exact) mass is 247 g/mol. The maximum Gasteiger partial charge on any atom is 0.230 e. The highest BCUT2D eigenvalue weighted by molar-refractivity contribution is 5.99. The number of rotatable bonds is 4. The average Bonchev–Trinajstić information content (AvgIpc) is 2.86. The molecule has 7 nitrogen and oxygen atoms in total. The van der Waals surface area contributed by atoms with Crippen molar-refractivity contribution in [1.29, 1.82) is 0 Å². The fourth-order valence-electron chi connectivity index (χ4n) is 1.40. The van der Waals surface area contributed by atoms with Crippen LogP contribution in [0.25, 0.3) is 0 Å². The highest BCUT2D eigenvalue weighted by Crippen LogP contribution is 2.22. The Morgan fingerprint density at radius 2 is 2.44 bits per heavy atom. The van der Waals surface area contributed by atoms with Gasteiger partial charge in [0.15, 0.2) is 11.6 Å². The van der Waals surface area contributed by atoms with Gasteiger partial charge in [-0.3, -0.25) is 4.68 Å². The molecule has 0 aromatic carbocycles. The van der Waals surface area contributed by atoms with Gasteiger partial charge in [-0.15, -0.1) is 0 Å². The van der Waals surface area contributed by atoms with Gasteiger partial charge in [0.1, 0.15) is 0 Å². The molecule has 0 atom stereocenters. The molecule has 18 heavy (non-hydrogen) atoms. The van der Waals surface area contributed by atoms with Gasteiger partial charge in [0.2, 0.25) is 5.88 Å². The van der Waals surface area contributed by atoms with Gasteiger partial charge in [-0.25, -0.2) is 4.98 Å². The number of aryl methyl sites for hydroxylation is 1. The van der Waals surface area contributed by atoms with Crippen molar-refractivity contribution < 1.29 is 9.94 Å². The molecule has 2 aromatic heterocycles. The van der Waals surface area contributed by atoms with Gasteiger partial charge in [-0.05, 0) is 19.1 Å². The summed E-state index contributed by atoms with van der Waals surface area (Å²) in [6, 6.07) is 3.33. The van der Waals surface area contributed by atoms with Crippen LogP contribution in [-0.4, -0.2) is 25.8 Å². The molecule has 0 bridgehead atoms. The maximum absolute atomic E-state index is 8.68. The summed E-state index contributed by atoms with van der Waals surface area (Å²) in [6.07, 6.45) is 4.88. The molecule has 2 aromatic rings. The third kappa shape index (κ3) is 2.40. The van der Waals surface area contributed by atoms with Crippen LogP contribution in [0.3, 0.4) is 0 Å². The molecule has 0 fully saturated rings. The van der Waals surface area contributed by atoms with Crippen LogP contribution in [0, 0.1) is 0 Å². The number of aromatic nitrogens is 3. The maximum atomic E-state index is 8.68. The van der Waals surface area contributed by atoms with E-state index in [4.69, 9.17) is 15.7 Å². The van der Waals surface area contributed by atoms with Crippen molar-refractivity contribution in [2.45, 2.75) is 13.5 Å². The molecule has 7 heteroatoms. The quantitative estimate of drug-likeness (QED) is 0.366. The van der Waals surface area contributed by atoms with Crippen LogP contribution in [0.5, 0.6) is 11.6 Å². The Kier molecular flexibility index (Phi) is 3.42. The summed E-state index contributed by atoms with van der Waals surface area (Å²) in [4.78, 5) is 4.05. The van der Waals surface area contributed by atoms with Gasteiger partial charge >= 0.3 is 0 Å². The molecule has 0 aliphatic carbocycles. The molecule has 0 aliphatic heterocycles. The fraction of sp³-hybridized carbons (Fsp3) is 0.182. The van der Waals surface area contributed by atoms with E-state index in [0.717, 1.165) is 6.54 Å². The summed E-state index contributed by atoms with van der Waals surface area (Å²) < 4.78 is 7.27. The summed E-state index contributed by atoms with van der Waals surface area (Å²) in [5.74, 6) is 0.756. The predicted octanol–water partition coefficient (Wildman–Crippen LogP) is 1.18. The normalized spacial score (nSPS) is 11.5. The second kappa shape index (κ2) is 5.17. The summed E-state index contributed by atoms with van der Waals surface area (Å²) in [5.41, 5.74) is 5.96. The molecule has 0 amide bonds. The third-order valence-corrected chi connectivity index (χ3v) is 2.30. The van der Waals surface area contributed by atoms with E-state index in [-0.39, 0.29) is 11.7 Å². The minimum absolute atomic E-state index is 0.0546. The predicted molar refractivity (Wildman–Crippen MR) is 64.7 cm³/mol. The standard InChI is InChI=1S/C11H13N5O2/c1-2-16-7-8(6-14-16)18-11-9(10(12)15-17)4-3-5-13-11/h3-7,17H,2H2,1H3,(H2,12,15). The summed E-state index contributed by atoms with van der Waals surface area (Å²) in [5, 5.41) is 15.7. The smallest absolute Gasteiger partial charge is 0.230 e. The number of nitrogens with zero attached hydrogens (tertiary/aromatic N) is 4. The average molecular weight is 247 g/mol. The molecule has 94 valence electrons. The molecule has 2 rings (SSSR count). The first-order chi connectivity index (χ1) is 8.74. The van der Waals surface area contributed by atoms with E-state index in [9.17, 15) is 0 Å². The number of oxime groups is 1. The molecule has 0 saturated carbocycles. The summed E-state index contributed by atoms with van der Waals surface area (Å²) in [7, 11) is 0. The number of amidine groups is 1. The van der Waals surface area contributed by atoms with Crippen molar-refractivity contribution in [3.8, 4) is 11.6 Å². The van der Waals surface area contributed by atoms with Crippen molar-refractivity contribution >= 4 is 5.84 Å². The molecule has 0 aliphatic rings. The van der Waals surface area contributed by atoms with Crippen molar-refractivity contribution in [1.82, 2.24) is 14.8 Å². The zero-order chi connectivity index (χ0) is 13.0. The summed E-state index contributed by atoms with van der Waals surface area (Å²) >= 11 is 0. The largest absolute Gasteiger partial charge is 0.435 e. The SMILES string of the molecule is CCn1cc(Oc2ncccc2/C(N)=N/O)cn1. The highest BCUT2D eigenvalue weighted by atomic mass is 16.5. The molecule has 0 saturated heterocycles. The second-order valence-electron chi connectivity index (χ2n) is 3.48. The van der Waals surface area contributed by atoms with Gasteiger partial charge in [0, 0.05) is 12.7 Å². The number of hydrogen-bond acceptors (Lipinski definition) is 5. The van der Waals surface area contributed by atoms with Crippen LogP contribution >= 0.6 is 0 Å². The van der Waals surface area contributed by atoms with Crippen LogP contribution in [-0.2, 0) is 6.54 Å². The Morgan fingerprint density at radius 1 is 1.61 bits per heavy atom. The van der Waals surface area contributed by atoms with E-state index in [2.05, 4.69) is 15.2 Å². The minimum atomic E-state index is -0.0546. The molecule has 0 spiro atoms. The van der Waals surface area contributed by atoms with E-state index in [1.54, 1.807) is 35.4 Å². The number of hydrogen-bond donors (Lipinski definition) is 2. The Morgan fingerprint density at radius 3 is 3.11 bits per heavy atom. The zero-order valence-corrected chi connectivity index (χ0v) is 9.82. The Balaban J connectivity index is 2.28. The Labute approximate surface area is 104 Å². The molecule has 3 N–H and O–H groups in total. The van der Waals surface area contributed by atoms with Crippen molar-refractivity contribution in [3.05, 3.63) is 36.3 Å². The lowest BCUT2D eigenvalue weighted by Crippen LogP contribution is -2.14.